The minimum absolute atomic E-state index is 0.0468. The van der Waals surface area contributed by atoms with Gasteiger partial charge >= 0.3 is 6.18 Å². The molecule has 0 unspecified atom stereocenters. The first-order valence-electron chi connectivity index (χ1n) is 5.72. The van der Waals surface area contributed by atoms with Gasteiger partial charge in [-0.15, -0.1) is 0 Å². The fraction of sp³-hybridized carbons (Fsp3) is 0.333. The summed E-state index contributed by atoms with van der Waals surface area (Å²) in [5.41, 5.74) is 4.13. The van der Waals surface area contributed by atoms with Crippen LogP contribution >= 0.6 is 0 Å². The standard InChI is InChI=1S/C12H12F3N3O/c13-12(14,15)7-3-4-8-9(6-7)17-10(2-1-5-16)18-11(8)19/h3-4,6H,1-2,5,16H2,(H,17,18,19). The van der Waals surface area contributed by atoms with Crippen molar-refractivity contribution in [1.29, 1.82) is 0 Å². The Morgan fingerprint density at radius 2 is 2.05 bits per heavy atom. The number of rotatable bonds is 3. The number of alkyl halides is 3. The lowest BCUT2D eigenvalue weighted by molar-refractivity contribution is -0.137. The fourth-order valence-electron chi connectivity index (χ4n) is 1.75. The molecule has 3 N–H and O–H groups in total. The van der Waals surface area contributed by atoms with Crippen LogP contribution < -0.4 is 11.3 Å². The van der Waals surface area contributed by atoms with Gasteiger partial charge in [-0.3, -0.25) is 4.79 Å². The Balaban J connectivity index is 2.54. The lowest BCUT2D eigenvalue weighted by Crippen LogP contribution is -2.14. The number of aryl methyl sites for hydroxylation is 1. The molecule has 2 aromatic rings. The molecule has 0 aliphatic rings. The summed E-state index contributed by atoms with van der Waals surface area (Å²) in [7, 11) is 0. The maximum atomic E-state index is 12.6. The Labute approximate surface area is 106 Å². The lowest BCUT2D eigenvalue weighted by Gasteiger charge is -2.08. The second-order valence-corrected chi connectivity index (χ2v) is 4.13. The fourth-order valence-corrected chi connectivity index (χ4v) is 1.75. The molecular formula is C12H12F3N3O. The minimum Gasteiger partial charge on any atom is -0.330 e. The first-order chi connectivity index (χ1) is 8.91. The summed E-state index contributed by atoms with van der Waals surface area (Å²) < 4.78 is 37.8. The van der Waals surface area contributed by atoms with Gasteiger partial charge in [0.1, 0.15) is 5.82 Å². The van der Waals surface area contributed by atoms with Gasteiger partial charge in [0, 0.05) is 6.42 Å². The molecule has 2 rings (SSSR count). The van der Waals surface area contributed by atoms with Gasteiger partial charge in [0.25, 0.3) is 5.56 Å². The first-order valence-corrected chi connectivity index (χ1v) is 5.72. The van der Waals surface area contributed by atoms with E-state index in [1.165, 1.54) is 0 Å². The number of fused-ring (bicyclic) bond motifs is 1. The quantitative estimate of drug-likeness (QED) is 0.894. The van der Waals surface area contributed by atoms with E-state index in [9.17, 15) is 18.0 Å². The molecule has 19 heavy (non-hydrogen) atoms. The van der Waals surface area contributed by atoms with E-state index in [1.807, 2.05) is 0 Å². The Morgan fingerprint density at radius 1 is 1.32 bits per heavy atom. The first kappa shape index (κ1) is 13.5. The van der Waals surface area contributed by atoms with Crippen LogP contribution in [0.25, 0.3) is 10.9 Å². The van der Waals surface area contributed by atoms with E-state index in [4.69, 9.17) is 5.73 Å². The molecular weight excluding hydrogens is 259 g/mol. The number of H-pyrrole nitrogens is 1. The van der Waals surface area contributed by atoms with Crippen LogP contribution in [0.1, 0.15) is 17.8 Å². The van der Waals surface area contributed by atoms with Gasteiger partial charge in [0.05, 0.1) is 16.5 Å². The molecule has 0 fully saturated rings. The van der Waals surface area contributed by atoms with E-state index in [2.05, 4.69) is 9.97 Å². The van der Waals surface area contributed by atoms with Crippen LogP contribution in [-0.4, -0.2) is 16.5 Å². The van der Waals surface area contributed by atoms with Gasteiger partial charge in [0.2, 0.25) is 0 Å². The minimum atomic E-state index is -4.45. The Kier molecular flexibility index (Phi) is 3.57. The highest BCUT2D eigenvalue weighted by Gasteiger charge is 2.30. The number of benzene rings is 1. The molecule has 1 heterocycles. The summed E-state index contributed by atoms with van der Waals surface area (Å²) in [6.45, 7) is 0.421. The van der Waals surface area contributed by atoms with Crippen LogP contribution in [0.4, 0.5) is 13.2 Å². The number of nitrogens with two attached hydrogens (primary N) is 1. The van der Waals surface area contributed by atoms with Crippen molar-refractivity contribution in [3.8, 4) is 0 Å². The zero-order valence-corrected chi connectivity index (χ0v) is 9.92. The molecule has 1 aromatic heterocycles. The zero-order chi connectivity index (χ0) is 14.0. The van der Waals surface area contributed by atoms with Gasteiger partial charge in [-0.25, -0.2) is 4.98 Å². The average molecular weight is 271 g/mol. The predicted molar refractivity (Wildman–Crippen MR) is 64.7 cm³/mol. The molecule has 102 valence electrons. The maximum Gasteiger partial charge on any atom is 0.416 e. The molecule has 0 amide bonds. The average Bonchev–Trinajstić information content (AvgIpc) is 2.34. The molecule has 0 saturated carbocycles. The van der Waals surface area contributed by atoms with Crippen LogP contribution in [0.2, 0.25) is 0 Å². The Morgan fingerprint density at radius 3 is 2.68 bits per heavy atom. The molecule has 0 atom stereocenters. The Bertz CT molecular complexity index is 649. The van der Waals surface area contributed by atoms with E-state index in [1.54, 1.807) is 0 Å². The molecule has 0 radical (unpaired) electrons. The van der Waals surface area contributed by atoms with Crippen molar-refractivity contribution in [1.82, 2.24) is 9.97 Å². The smallest absolute Gasteiger partial charge is 0.330 e. The van der Waals surface area contributed by atoms with E-state index >= 15 is 0 Å². The van der Waals surface area contributed by atoms with Gasteiger partial charge in [-0.05, 0) is 31.2 Å². The number of hydrogen-bond acceptors (Lipinski definition) is 3. The highest BCUT2D eigenvalue weighted by Crippen LogP contribution is 2.30. The SMILES string of the molecule is NCCCc1nc2cc(C(F)(F)F)ccc2c(=O)[nH]1. The van der Waals surface area contributed by atoms with Crippen LogP contribution in [0.3, 0.4) is 0 Å². The third-order valence-corrected chi connectivity index (χ3v) is 2.70. The summed E-state index contributed by atoms with van der Waals surface area (Å²) in [6.07, 6.45) is -3.42. The van der Waals surface area contributed by atoms with Crippen LogP contribution in [-0.2, 0) is 12.6 Å². The normalized spacial score (nSPS) is 12.0. The lowest BCUT2D eigenvalue weighted by atomic mass is 10.1. The van der Waals surface area contributed by atoms with E-state index < -0.39 is 17.3 Å². The molecule has 0 spiro atoms. The van der Waals surface area contributed by atoms with Gasteiger partial charge < -0.3 is 10.7 Å². The van der Waals surface area contributed by atoms with Crippen LogP contribution in [0.15, 0.2) is 23.0 Å². The maximum absolute atomic E-state index is 12.6. The van der Waals surface area contributed by atoms with Crippen molar-refractivity contribution in [2.75, 3.05) is 6.54 Å². The van der Waals surface area contributed by atoms with Crippen molar-refractivity contribution >= 4 is 10.9 Å². The van der Waals surface area contributed by atoms with E-state index in [-0.39, 0.29) is 10.9 Å². The van der Waals surface area contributed by atoms with Crippen LogP contribution in [0.5, 0.6) is 0 Å². The van der Waals surface area contributed by atoms with E-state index in [0.29, 0.717) is 25.2 Å². The van der Waals surface area contributed by atoms with Gasteiger partial charge in [-0.1, -0.05) is 0 Å². The highest BCUT2D eigenvalue weighted by atomic mass is 19.4. The topological polar surface area (TPSA) is 71.8 Å². The molecule has 4 nitrogen and oxygen atoms in total. The van der Waals surface area contributed by atoms with E-state index in [0.717, 1.165) is 18.2 Å². The summed E-state index contributed by atoms with van der Waals surface area (Å²) >= 11 is 0. The second kappa shape index (κ2) is 5.00. The number of aromatic nitrogens is 2. The number of aromatic amines is 1. The number of halogens is 3. The third-order valence-electron chi connectivity index (χ3n) is 2.70. The number of nitrogens with one attached hydrogen (secondary N) is 1. The monoisotopic (exact) mass is 271 g/mol. The molecule has 0 aliphatic heterocycles. The van der Waals surface area contributed by atoms with Crippen molar-refractivity contribution < 1.29 is 13.2 Å². The van der Waals surface area contributed by atoms with Crippen molar-refractivity contribution in [2.45, 2.75) is 19.0 Å². The molecule has 7 heteroatoms. The molecule has 0 saturated heterocycles. The summed E-state index contributed by atoms with van der Waals surface area (Å²) in [6, 6.07) is 2.89. The summed E-state index contributed by atoms with van der Waals surface area (Å²) in [5, 5.41) is 0.143. The summed E-state index contributed by atoms with van der Waals surface area (Å²) in [5.74, 6) is 0.349. The van der Waals surface area contributed by atoms with Gasteiger partial charge in [-0.2, -0.15) is 13.2 Å². The summed E-state index contributed by atoms with van der Waals surface area (Å²) in [4.78, 5) is 18.3. The number of hydrogen-bond donors (Lipinski definition) is 2. The molecule has 0 bridgehead atoms. The predicted octanol–water partition coefficient (Wildman–Crippen LogP) is 1.83. The van der Waals surface area contributed by atoms with Crippen molar-refractivity contribution in [2.24, 2.45) is 5.73 Å². The molecule has 1 aromatic carbocycles. The molecule has 0 aliphatic carbocycles. The van der Waals surface area contributed by atoms with Crippen LogP contribution in [0, 0.1) is 0 Å². The second-order valence-electron chi connectivity index (χ2n) is 4.13. The Hall–Kier alpha value is -1.89. The zero-order valence-electron chi connectivity index (χ0n) is 9.92. The highest BCUT2D eigenvalue weighted by molar-refractivity contribution is 5.78. The van der Waals surface area contributed by atoms with Crippen molar-refractivity contribution in [3.63, 3.8) is 0 Å². The largest absolute Gasteiger partial charge is 0.416 e. The van der Waals surface area contributed by atoms with Crippen molar-refractivity contribution in [3.05, 3.63) is 39.9 Å². The third kappa shape index (κ3) is 2.93. The van der Waals surface area contributed by atoms with Gasteiger partial charge in [0.15, 0.2) is 0 Å². The number of nitrogens with zero attached hydrogens (tertiary/aromatic N) is 1.